The molecule has 0 saturated heterocycles. The standard InChI is InChI=1S/C28H26F3N3O2/c1-19-5-2-7-21(15-19)26-24-9-4-12-33(24)13-14-34(26)18-23-10-11-25(36-23)27(35)32-17-20-6-3-8-22(16-20)28(29,30)31/h2-12,15-16,26H,13-14,17-18H2,1H3,(H,32,35). The Kier molecular flexibility index (Phi) is 6.45. The van der Waals surface area contributed by atoms with Crippen LogP contribution in [0.3, 0.4) is 0 Å². The van der Waals surface area contributed by atoms with E-state index in [0.29, 0.717) is 17.9 Å². The molecular weight excluding hydrogens is 467 g/mol. The van der Waals surface area contributed by atoms with E-state index in [4.69, 9.17) is 4.42 Å². The summed E-state index contributed by atoms with van der Waals surface area (Å²) < 4.78 is 46.9. The van der Waals surface area contributed by atoms with E-state index in [1.165, 1.54) is 22.9 Å². The number of carbonyl (C=O) groups excluding carboxylic acids is 1. The summed E-state index contributed by atoms with van der Waals surface area (Å²) in [6.07, 6.45) is -2.34. The number of rotatable bonds is 6. The number of carbonyl (C=O) groups is 1. The summed E-state index contributed by atoms with van der Waals surface area (Å²) in [6.45, 7) is 4.24. The largest absolute Gasteiger partial charge is 0.455 e. The van der Waals surface area contributed by atoms with Crippen molar-refractivity contribution in [1.82, 2.24) is 14.8 Å². The number of aryl methyl sites for hydroxylation is 1. The van der Waals surface area contributed by atoms with Crippen molar-refractivity contribution in [2.24, 2.45) is 0 Å². The molecule has 4 aromatic rings. The van der Waals surface area contributed by atoms with Crippen molar-refractivity contribution in [3.8, 4) is 0 Å². The predicted molar refractivity (Wildman–Crippen MR) is 129 cm³/mol. The number of furan rings is 1. The molecule has 0 aliphatic carbocycles. The van der Waals surface area contributed by atoms with Gasteiger partial charge in [0.1, 0.15) is 5.76 Å². The van der Waals surface area contributed by atoms with Crippen LogP contribution in [0.1, 0.15) is 50.3 Å². The molecule has 1 atom stereocenters. The van der Waals surface area contributed by atoms with Crippen molar-refractivity contribution in [2.45, 2.75) is 38.8 Å². The average molecular weight is 494 g/mol. The molecule has 1 N–H and O–H groups in total. The van der Waals surface area contributed by atoms with E-state index in [1.807, 2.05) is 0 Å². The number of hydrogen-bond acceptors (Lipinski definition) is 3. The average Bonchev–Trinajstić information content (AvgIpc) is 3.52. The van der Waals surface area contributed by atoms with Crippen molar-refractivity contribution in [1.29, 1.82) is 0 Å². The Morgan fingerprint density at radius 3 is 2.67 bits per heavy atom. The number of alkyl halides is 3. The Labute approximate surface area is 207 Å². The van der Waals surface area contributed by atoms with E-state index < -0.39 is 17.6 Å². The van der Waals surface area contributed by atoms with Crippen LogP contribution >= 0.6 is 0 Å². The summed E-state index contributed by atoms with van der Waals surface area (Å²) in [5.41, 5.74) is 3.21. The number of nitrogens with zero attached hydrogens (tertiary/aromatic N) is 2. The zero-order valence-electron chi connectivity index (χ0n) is 19.8. The molecule has 5 rings (SSSR count). The number of nitrogens with one attached hydrogen (secondary N) is 1. The highest BCUT2D eigenvalue weighted by molar-refractivity contribution is 5.91. The smallest absolute Gasteiger partial charge is 0.416 e. The maximum Gasteiger partial charge on any atom is 0.416 e. The minimum absolute atomic E-state index is 0.0304. The molecule has 186 valence electrons. The number of amides is 1. The second-order valence-electron chi connectivity index (χ2n) is 9.06. The lowest BCUT2D eigenvalue weighted by Gasteiger charge is -2.37. The zero-order valence-corrected chi connectivity index (χ0v) is 19.8. The third-order valence-corrected chi connectivity index (χ3v) is 6.45. The molecule has 1 aliphatic rings. The van der Waals surface area contributed by atoms with Crippen molar-refractivity contribution in [3.63, 3.8) is 0 Å². The Morgan fingerprint density at radius 1 is 1.03 bits per heavy atom. The highest BCUT2D eigenvalue weighted by Gasteiger charge is 2.31. The van der Waals surface area contributed by atoms with Crippen LogP contribution in [0.15, 0.2) is 83.4 Å². The highest BCUT2D eigenvalue weighted by Crippen LogP contribution is 2.34. The van der Waals surface area contributed by atoms with Gasteiger partial charge in [-0.05, 0) is 54.4 Å². The summed E-state index contributed by atoms with van der Waals surface area (Å²) in [4.78, 5) is 14.9. The lowest BCUT2D eigenvalue weighted by atomic mass is 9.98. The van der Waals surface area contributed by atoms with Crippen LogP contribution in [-0.2, 0) is 25.8 Å². The van der Waals surface area contributed by atoms with Gasteiger partial charge in [-0.2, -0.15) is 13.2 Å². The molecule has 0 bridgehead atoms. The summed E-state index contributed by atoms with van der Waals surface area (Å²) >= 11 is 0. The fraction of sp³-hybridized carbons (Fsp3) is 0.250. The molecule has 1 aliphatic heterocycles. The maximum absolute atomic E-state index is 12.9. The zero-order chi connectivity index (χ0) is 25.3. The van der Waals surface area contributed by atoms with E-state index in [0.717, 1.165) is 25.2 Å². The molecule has 1 amide bonds. The van der Waals surface area contributed by atoms with Gasteiger partial charge < -0.3 is 14.3 Å². The van der Waals surface area contributed by atoms with Crippen LogP contribution in [0.4, 0.5) is 13.2 Å². The predicted octanol–water partition coefficient (Wildman–Crippen LogP) is 5.94. The van der Waals surface area contributed by atoms with Crippen molar-refractivity contribution in [3.05, 3.63) is 118 Å². The molecule has 36 heavy (non-hydrogen) atoms. The van der Waals surface area contributed by atoms with E-state index in [-0.39, 0.29) is 18.3 Å². The molecule has 0 fully saturated rings. The van der Waals surface area contributed by atoms with Crippen LogP contribution in [0.2, 0.25) is 0 Å². The quantitative estimate of drug-likeness (QED) is 0.362. The van der Waals surface area contributed by atoms with Gasteiger partial charge in [-0.1, -0.05) is 42.0 Å². The van der Waals surface area contributed by atoms with Crippen molar-refractivity contribution < 1.29 is 22.4 Å². The van der Waals surface area contributed by atoms with Gasteiger partial charge in [0, 0.05) is 31.5 Å². The van der Waals surface area contributed by atoms with E-state index >= 15 is 0 Å². The molecule has 8 heteroatoms. The fourth-order valence-corrected chi connectivity index (χ4v) is 4.74. The van der Waals surface area contributed by atoms with Gasteiger partial charge in [0.25, 0.3) is 5.91 Å². The first-order valence-corrected chi connectivity index (χ1v) is 11.8. The van der Waals surface area contributed by atoms with Crippen LogP contribution in [0.5, 0.6) is 0 Å². The first kappa shape index (κ1) is 23.9. The van der Waals surface area contributed by atoms with E-state index in [9.17, 15) is 18.0 Å². The lowest BCUT2D eigenvalue weighted by Crippen LogP contribution is -2.37. The molecule has 0 saturated carbocycles. The molecular formula is C28H26F3N3O2. The summed E-state index contributed by atoms with van der Waals surface area (Å²) in [5.74, 6) is 0.308. The van der Waals surface area contributed by atoms with Crippen LogP contribution in [-0.4, -0.2) is 21.9 Å². The number of benzene rings is 2. The molecule has 2 aromatic carbocycles. The summed E-state index contributed by atoms with van der Waals surface area (Å²) in [7, 11) is 0. The maximum atomic E-state index is 12.9. The topological polar surface area (TPSA) is 50.4 Å². The first-order chi connectivity index (χ1) is 17.3. The van der Waals surface area contributed by atoms with Crippen molar-refractivity contribution in [2.75, 3.05) is 6.54 Å². The molecule has 5 nitrogen and oxygen atoms in total. The molecule has 1 unspecified atom stereocenters. The number of fused-ring (bicyclic) bond motifs is 1. The fourth-order valence-electron chi connectivity index (χ4n) is 4.74. The molecule has 0 radical (unpaired) electrons. The Balaban J connectivity index is 1.28. The highest BCUT2D eigenvalue weighted by atomic mass is 19.4. The van der Waals surface area contributed by atoms with Gasteiger partial charge in [-0.15, -0.1) is 0 Å². The van der Waals surface area contributed by atoms with E-state index in [2.05, 4.69) is 64.3 Å². The van der Waals surface area contributed by atoms with Crippen LogP contribution in [0, 0.1) is 6.92 Å². The number of aromatic nitrogens is 1. The minimum Gasteiger partial charge on any atom is -0.455 e. The Morgan fingerprint density at radius 2 is 1.86 bits per heavy atom. The van der Waals surface area contributed by atoms with Crippen molar-refractivity contribution >= 4 is 5.91 Å². The third-order valence-electron chi connectivity index (χ3n) is 6.45. The Bertz CT molecular complexity index is 1370. The Hall–Kier alpha value is -3.78. The summed E-state index contributed by atoms with van der Waals surface area (Å²) in [5, 5.41) is 2.64. The van der Waals surface area contributed by atoms with Crippen LogP contribution < -0.4 is 5.32 Å². The second-order valence-corrected chi connectivity index (χ2v) is 9.06. The second kappa shape index (κ2) is 9.70. The summed E-state index contributed by atoms with van der Waals surface area (Å²) in [6, 6.07) is 21.0. The van der Waals surface area contributed by atoms with Gasteiger partial charge in [0.15, 0.2) is 5.76 Å². The lowest BCUT2D eigenvalue weighted by molar-refractivity contribution is -0.137. The van der Waals surface area contributed by atoms with Gasteiger partial charge in [0.2, 0.25) is 0 Å². The molecule has 0 spiro atoms. The van der Waals surface area contributed by atoms with Crippen LogP contribution in [0.25, 0.3) is 0 Å². The monoisotopic (exact) mass is 493 g/mol. The van der Waals surface area contributed by atoms with E-state index in [1.54, 1.807) is 18.2 Å². The van der Waals surface area contributed by atoms with Gasteiger partial charge in [-0.3, -0.25) is 9.69 Å². The normalized spacial score (nSPS) is 16.1. The molecule has 3 heterocycles. The minimum atomic E-state index is -4.43. The van der Waals surface area contributed by atoms with Gasteiger partial charge in [-0.25, -0.2) is 0 Å². The number of halogens is 3. The number of hydrogen-bond donors (Lipinski definition) is 1. The first-order valence-electron chi connectivity index (χ1n) is 11.8. The molecule has 2 aromatic heterocycles. The van der Waals surface area contributed by atoms with Gasteiger partial charge in [0.05, 0.1) is 18.2 Å². The third kappa shape index (κ3) is 5.09. The SMILES string of the molecule is Cc1cccc(C2c3cccn3CCN2Cc2ccc(C(=O)NCc3cccc(C(F)(F)F)c3)o2)c1. The van der Waals surface area contributed by atoms with Gasteiger partial charge >= 0.3 is 6.18 Å².